The lowest BCUT2D eigenvalue weighted by atomic mass is 9.71. The molecule has 2 nitrogen and oxygen atoms in total. The lowest BCUT2D eigenvalue weighted by Crippen LogP contribution is -2.42. The first-order chi connectivity index (χ1) is 7.66. The number of piperidine rings is 1. The van der Waals surface area contributed by atoms with Crippen LogP contribution in [0.15, 0.2) is 0 Å². The average Bonchev–Trinajstić information content (AvgIpc) is 2.28. The number of hydrogen-bond donors (Lipinski definition) is 2. The maximum atomic E-state index is 10.5. The Morgan fingerprint density at radius 1 is 1.06 bits per heavy atom. The third kappa shape index (κ3) is 2.98. The van der Waals surface area contributed by atoms with E-state index >= 15 is 0 Å². The zero-order valence-electron chi connectivity index (χ0n) is 10.8. The third-order valence-corrected chi connectivity index (χ3v) is 4.52. The maximum Gasteiger partial charge on any atom is 0.0608 e. The topological polar surface area (TPSA) is 32.3 Å². The van der Waals surface area contributed by atoms with Gasteiger partial charge in [-0.2, -0.15) is 0 Å². The molecule has 2 heteroatoms. The molecule has 2 N–H and O–H groups in total. The van der Waals surface area contributed by atoms with E-state index in [4.69, 9.17) is 0 Å². The fraction of sp³-hybridized carbons (Fsp3) is 1.00. The van der Waals surface area contributed by atoms with Crippen LogP contribution in [0, 0.1) is 23.7 Å². The molecular weight excluding hydrogens is 198 g/mol. The van der Waals surface area contributed by atoms with E-state index in [2.05, 4.69) is 19.2 Å². The van der Waals surface area contributed by atoms with Gasteiger partial charge in [0.05, 0.1) is 6.10 Å². The lowest BCUT2D eigenvalue weighted by Gasteiger charge is -2.38. The van der Waals surface area contributed by atoms with Gasteiger partial charge in [0.25, 0.3) is 0 Å². The van der Waals surface area contributed by atoms with Gasteiger partial charge in [-0.05, 0) is 62.3 Å². The molecule has 0 aromatic rings. The molecule has 1 saturated heterocycles. The first-order valence-electron chi connectivity index (χ1n) is 7.05. The summed E-state index contributed by atoms with van der Waals surface area (Å²) < 4.78 is 0. The van der Waals surface area contributed by atoms with Crippen molar-refractivity contribution in [1.82, 2.24) is 5.32 Å². The van der Waals surface area contributed by atoms with Crippen molar-refractivity contribution in [3.8, 4) is 0 Å². The summed E-state index contributed by atoms with van der Waals surface area (Å²) in [6, 6.07) is 0. The highest BCUT2D eigenvalue weighted by Gasteiger charge is 2.33. The fourth-order valence-corrected chi connectivity index (χ4v) is 3.84. The van der Waals surface area contributed by atoms with E-state index in [1.165, 1.54) is 32.1 Å². The van der Waals surface area contributed by atoms with Gasteiger partial charge in [-0.25, -0.2) is 0 Å². The largest absolute Gasteiger partial charge is 0.393 e. The summed E-state index contributed by atoms with van der Waals surface area (Å²) in [6.45, 7) is 6.85. The van der Waals surface area contributed by atoms with E-state index in [9.17, 15) is 5.11 Å². The van der Waals surface area contributed by atoms with Crippen molar-refractivity contribution in [3.05, 3.63) is 0 Å². The molecule has 0 spiro atoms. The summed E-state index contributed by atoms with van der Waals surface area (Å²) in [5.41, 5.74) is 0. The van der Waals surface area contributed by atoms with Crippen molar-refractivity contribution >= 4 is 0 Å². The highest BCUT2D eigenvalue weighted by atomic mass is 16.3. The van der Waals surface area contributed by atoms with E-state index in [0.29, 0.717) is 11.8 Å². The maximum absolute atomic E-state index is 10.5. The Labute approximate surface area is 99.8 Å². The van der Waals surface area contributed by atoms with Gasteiger partial charge in [0.15, 0.2) is 0 Å². The Morgan fingerprint density at radius 3 is 2.31 bits per heavy atom. The van der Waals surface area contributed by atoms with E-state index in [0.717, 1.165) is 24.9 Å². The van der Waals surface area contributed by atoms with Crippen molar-refractivity contribution < 1.29 is 5.11 Å². The summed E-state index contributed by atoms with van der Waals surface area (Å²) in [5.74, 6) is 2.68. The summed E-state index contributed by atoms with van der Waals surface area (Å²) >= 11 is 0. The van der Waals surface area contributed by atoms with Gasteiger partial charge >= 0.3 is 0 Å². The molecule has 0 bridgehead atoms. The second-order valence-electron chi connectivity index (χ2n) is 6.27. The van der Waals surface area contributed by atoms with Crippen molar-refractivity contribution in [1.29, 1.82) is 0 Å². The highest BCUT2D eigenvalue weighted by Crippen LogP contribution is 2.37. The molecule has 0 aromatic heterocycles. The summed E-state index contributed by atoms with van der Waals surface area (Å²) in [4.78, 5) is 0. The first kappa shape index (κ1) is 12.4. The molecule has 1 saturated carbocycles. The van der Waals surface area contributed by atoms with Crippen molar-refractivity contribution in [2.45, 2.75) is 52.1 Å². The van der Waals surface area contributed by atoms with Gasteiger partial charge in [0.2, 0.25) is 0 Å². The highest BCUT2D eigenvalue weighted by molar-refractivity contribution is 4.85. The molecular formula is C14H27NO. The molecule has 0 aromatic carbocycles. The monoisotopic (exact) mass is 225 g/mol. The fourth-order valence-electron chi connectivity index (χ4n) is 3.84. The van der Waals surface area contributed by atoms with E-state index in [1.54, 1.807) is 0 Å². The Kier molecular flexibility index (Phi) is 4.26. The molecule has 94 valence electrons. The molecule has 16 heavy (non-hydrogen) atoms. The molecule has 4 unspecified atom stereocenters. The van der Waals surface area contributed by atoms with Crippen LogP contribution in [-0.2, 0) is 0 Å². The molecule has 0 radical (unpaired) electrons. The molecule has 2 aliphatic rings. The summed E-state index contributed by atoms with van der Waals surface area (Å²) in [5, 5.41) is 13.9. The van der Waals surface area contributed by atoms with Gasteiger partial charge in [0, 0.05) is 6.54 Å². The van der Waals surface area contributed by atoms with E-state index in [-0.39, 0.29) is 6.10 Å². The predicted octanol–water partition coefficient (Wildman–Crippen LogP) is 2.42. The Balaban J connectivity index is 1.89. The Hall–Kier alpha value is -0.0800. The van der Waals surface area contributed by atoms with Crippen LogP contribution in [0.5, 0.6) is 0 Å². The minimum absolute atomic E-state index is 0.0574. The molecule has 1 heterocycles. The zero-order chi connectivity index (χ0) is 11.5. The normalized spacial score (nSPS) is 42.9. The predicted molar refractivity (Wildman–Crippen MR) is 67.3 cm³/mol. The standard InChI is InChI=1S/C14H27NO/c1-10-6-11(2)8-13(7-10)14(16)12-4-3-5-15-9-12/h10-16H,3-9H2,1-2H3. The van der Waals surface area contributed by atoms with Crippen molar-refractivity contribution in [2.75, 3.05) is 13.1 Å². The smallest absolute Gasteiger partial charge is 0.0608 e. The second-order valence-corrected chi connectivity index (χ2v) is 6.27. The number of hydrogen-bond acceptors (Lipinski definition) is 2. The van der Waals surface area contributed by atoms with Crippen molar-refractivity contribution in [3.63, 3.8) is 0 Å². The van der Waals surface area contributed by atoms with Gasteiger partial charge in [-0.15, -0.1) is 0 Å². The molecule has 2 rings (SSSR count). The Bertz CT molecular complexity index is 203. The molecule has 0 amide bonds. The minimum atomic E-state index is -0.0574. The molecule has 1 aliphatic heterocycles. The number of nitrogens with one attached hydrogen (secondary N) is 1. The molecule has 2 fully saturated rings. The number of aliphatic hydroxyl groups excluding tert-OH is 1. The van der Waals surface area contributed by atoms with E-state index in [1.807, 2.05) is 0 Å². The van der Waals surface area contributed by atoms with E-state index < -0.39 is 0 Å². The average molecular weight is 225 g/mol. The third-order valence-electron chi connectivity index (χ3n) is 4.52. The summed E-state index contributed by atoms with van der Waals surface area (Å²) in [6.07, 6.45) is 6.22. The van der Waals surface area contributed by atoms with Crippen LogP contribution in [0.2, 0.25) is 0 Å². The first-order valence-corrected chi connectivity index (χ1v) is 7.05. The van der Waals surface area contributed by atoms with Crippen LogP contribution in [0.3, 0.4) is 0 Å². The zero-order valence-corrected chi connectivity index (χ0v) is 10.8. The van der Waals surface area contributed by atoms with Gasteiger partial charge < -0.3 is 10.4 Å². The summed E-state index contributed by atoms with van der Waals surface area (Å²) in [7, 11) is 0. The molecule has 4 atom stereocenters. The van der Waals surface area contributed by atoms with Crippen LogP contribution in [-0.4, -0.2) is 24.3 Å². The number of aliphatic hydroxyl groups is 1. The van der Waals surface area contributed by atoms with Crippen LogP contribution in [0.25, 0.3) is 0 Å². The van der Waals surface area contributed by atoms with Crippen LogP contribution in [0.1, 0.15) is 46.0 Å². The van der Waals surface area contributed by atoms with Crippen molar-refractivity contribution in [2.24, 2.45) is 23.7 Å². The minimum Gasteiger partial charge on any atom is -0.393 e. The Morgan fingerprint density at radius 2 is 1.75 bits per heavy atom. The van der Waals surface area contributed by atoms with Gasteiger partial charge in [-0.3, -0.25) is 0 Å². The van der Waals surface area contributed by atoms with Crippen LogP contribution >= 0.6 is 0 Å². The SMILES string of the molecule is CC1CC(C)CC(C(O)C2CCCNC2)C1. The number of rotatable bonds is 2. The van der Waals surface area contributed by atoms with Gasteiger partial charge in [0.1, 0.15) is 0 Å². The second kappa shape index (κ2) is 5.50. The van der Waals surface area contributed by atoms with Crippen LogP contribution in [0.4, 0.5) is 0 Å². The molecule has 1 aliphatic carbocycles. The van der Waals surface area contributed by atoms with Gasteiger partial charge in [-0.1, -0.05) is 13.8 Å². The quantitative estimate of drug-likeness (QED) is 0.756. The lowest BCUT2D eigenvalue weighted by molar-refractivity contribution is 0.00524. The van der Waals surface area contributed by atoms with Crippen LogP contribution < -0.4 is 5.32 Å².